The summed E-state index contributed by atoms with van der Waals surface area (Å²) in [6.45, 7) is 3.99. The summed E-state index contributed by atoms with van der Waals surface area (Å²) in [6, 6.07) is 2.45. The molecule has 2 aromatic heterocycles. The van der Waals surface area contributed by atoms with E-state index in [-0.39, 0.29) is 0 Å². The molecule has 0 aliphatic carbocycles. The first-order valence-corrected chi connectivity index (χ1v) is 6.76. The third-order valence-corrected chi connectivity index (χ3v) is 3.94. The monoisotopic (exact) mass is 249 g/mol. The van der Waals surface area contributed by atoms with Gasteiger partial charge in [-0.25, -0.2) is 4.98 Å². The fourth-order valence-electron chi connectivity index (χ4n) is 2.40. The molecule has 2 aromatic rings. The van der Waals surface area contributed by atoms with Crippen LogP contribution in [-0.4, -0.2) is 21.6 Å². The molecular weight excluding hydrogens is 234 g/mol. The van der Waals surface area contributed by atoms with Crippen LogP contribution < -0.4 is 0 Å². The van der Waals surface area contributed by atoms with Gasteiger partial charge in [-0.3, -0.25) is 4.90 Å². The van der Waals surface area contributed by atoms with Gasteiger partial charge in [-0.1, -0.05) is 5.16 Å². The van der Waals surface area contributed by atoms with E-state index in [1.54, 1.807) is 11.3 Å². The summed E-state index contributed by atoms with van der Waals surface area (Å²) in [5, 5.41) is 7.35. The van der Waals surface area contributed by atoms with E-state index in [1.807, 2.05) is 24.6 Å². The Morgan fingerprint density at radius 3 is 3.24 bits per heavy atom. The van der Waals surface area contributed by atoms with Crippen molar-refractivity contribution in [2.24, 2.45) is 0 Å². The fourth-order valence-corrected chi connectivity index (χ4v) is 3.04. The van der Waals surface area contributed by atoms with Crippen LogP contribution in [0.25, 0.3) is 0 Å². The molecule has 3 rings (SSSR count). The molecule has 0 aromatic carbocycles. The summed E-state index contributed by atoms with van der Waals surface area (Å²) in [4.78, 5) is 6.79. The van der Waals surface area contributed by atoms with Crippen molar-refractivity contribution >= 4 is 11.3 Å². The molecule has 1 unspecified atom stereocenters. The Balaban J connectivity index is 1.76. The van der Waals surface area contributed by atoms with E-state index in [0.29, 0.717) is 6.04 Å². The standard InChI is InChI=1S/C12H15N3OS/c1-9-7-10(14-16-9)11-3-2-5-15(11)8-12-13-4-6-17-12/h4,6-7,11H,2-3,5,8H2,1H3. The summed E-state index contributed by atoms with van der Waals surface area (Å²) in [5.41, 5.74) is 1.07. The van der Waals surface area contributed by atoms with Crippen molar-refractivity contribution in [2.45, 2.75) is 32.4 Å². The van der Waals surface area contributed by atoms with Gasteiger partial charge < -0.3 is 4.52 Å². The number of hydrogen-bond donors (Lipinski definition) is 0. The first-order valence-electron chi connectivity index (χ1n) is 5.88. The number of aromatic nitrogens is 2. The molecule has 0 radical (unpaired) electrons. The van der Waals surface area contributed by atoms with Crippen LogP contribution in [0.4, 0.5) is 0 Å². The summed E-state index contributed by atoms with van der Waals surface area (Å²) in [5.74, 6) is 0.890. The zero-order chi connectivity index (χ0) is 11.7. The van der Waals surface area contributed by atoms with Crippen LogP contribution >= 0.6 is 11.3 Å². The molecule has 4 nitrogen and oxygen atoms in total. The first-order chi connectivity index (χ1) is 8.33. The van der Waals surface area contributed by atoms with Crippen LogP contribution in [0.2, 0.25) is 0 Å². The van der Waals surface area contributed by atoms with E-state index in [4.69, 9.17) is 4.52 Å². The Hall–Kier alpha value is -1.20. The Morgan fingerprint density at radius 2 is 2.53 bits per heavy atom. The average molecular weight is 249 g/mol. The molecule has 0 spiro atoms. The van der Waals surface area contributed by atoms with Crippen LogP contribution in [0.15, 0.2) is 22.2 Å². The van der Waals surface area contributed by atoms with Crippen molar-refractivity contribution in [2.75, 3.05) is 6.54 Å². The van der Waals surface area contributed by atoms with E-state index >= 15 is 0 Å². The molecule has 1 atom stereocenters. The predicted octanol–water partition coefficient (Wildman–Crippen LogP) is 2.78. The van der Waals surface area contributed by atoms with Crippen molar-refractivity contribution in [3.05, 3.63) is 34.1 Å². The largest absolute Gasteiger partial charge is 0.361 e. The van der Waals surface area contributed by atoms with Gasteiger partial charge in [0, 0.05) is 17.6 Å². The van der Waals surface area contributed by atoms with Gasteiger partial charge in [-0.2, -0.15) is 0 Å². The molecule has 0 saturated carbocycles. The molecule has 1 aliphatic rings. The normalized spacial score (nSPS) is 21.1. The smallest absolute Gasteiger partial charge is 0.133 e. The van der Waals surface area contributed by atoms with Crippen LogP contribution in [0.5, 0.6) is 0 Å². The van der Waals surface area contributed by atoms with Gasteiger partial charge in [0.1, 0.15) is 16.5 Å². The summed E-state index contributed by atoms with van der Waals surface area (Å²) >= 11 is 1.72. The van der Waals surface area contributed by atoms with Crippen molar-refractivity contribution in [3.63, 3.8) is 0 Å². The van der Waals surface area contributed by atoms with Gasteiger partial charge in [0.2, 0.25) is 0 Å². The maximum absolute atomic E-state index is 5.17. The lowest BCUT2D eigenvalue weighted by atomic mass is 10.1. The molecule has 0 N–H and O–H groups in total. The van der Waals surface area contributed by atoms with Crippen molar-refractivity contribution in [1.82, 2.24) is 15.0 Å². The van der Waals surface area contributed by atoms with Crippen molar-refractivity contribution in [3.8, 4) is 0 Å². The molecule has 1 saturated heterocycles. The number of hydrogen-bond acceptors (Lipinski definition) is 5. The zero-order valence-corrected chi connectivity index (χ0v) is 10.6. The number of thiazole rings is 1. The van der Waals surface area contributed by atoms with Crippen LogP contribution in [0, 0.1) is 6.92 Å². The van der Waals surface area contributed by atoms with E-state index in [1.165, 1.54) is 11.4 Å². The Labute approximate surface area is 104 Å². The minimum atomic E-state index is 0.399. The first kappa shape index (κ1) is 10.9. The Kier molecular flexibility index (Phi) is 2.94. The minimum Gasteiger partial charge on any atom is -0.361 e. The third-order valence-electron chi connectivity index (χ3n) is 3.17. The lowest BCUT2D eigenvalue weighted by Crippen LogP contribution is -2.22. The molecule has 5 heteroatoms. The van der Waals surface area contributed by atoms with E-state index in [2.05, 4.69) is 15.0 Å². The number of likely N-dealkylation sites (tertiary alicyclic amines) is 1. The van der Waals surface area contributed by atoms with Crippen LogP contribution in [-0.2, 0) is 6.54 Å². The van der Waals surface area contributed by atoms with Crippen molar-refractivity contribution < 1.29 is 4.52 Å². The lowest BCUT2D eigenvalue weighted by molar-refractivity contribution is 0.236. The molecule has 90 valence electrons. The van der Waals surface area contributed by atoms with E-state index in [9.17, 15) is 0 Å². The molecule has 1 fully saturated rings. The fraction of sp³-hybridized carbons (Fsp3) is 0.500. The molecule has 0 bridgehead atoms. The molecular formula is C12H15N3OS. The van der Waals surface area contributed by atoms with Crippen LogP contribution in [0.1, 0.15) is 35.3 Å². The van der Waals surface area contributed by atoms with Gasteiger partial charge in [0.15, 0.2) is 0 Å². The second kappa shape index (κ2) is 4.58. The lowest BCUT2D eigenvalue weighted by Gasteiger charge is -2.21. The van der Waals surface area contributed by atoms with E-state index in [0.717, 1.165) is 31.0 Å². The molecule has 3 heterocycles. The van der Waals surface area contributed by atoms with Gasteiger partial charge in [0.05, 0.1) is 12.6 Å². The summed E-state index contributed by atoms with van der Waals surface area (Å²) in [7, 11) is 0. The number of nitrogens with zero attached hydrogens (tertiary/aromatic N) is 3. The minimum absolute atomic E-state index is 0.399. The second-order valence-corrected chi connectivity index (χ2v) is 5.40. The van der Waals surface area contributed by atoms with Crippen LogP contribution in [0.3, 0.4) is 0 Å². The third kappa shape index (κ3) is 2.25. The molecule has 1 aliphatic heterocycles. The van der Waals surface area contributed by atoms with Gasteiger partial charge in [-0.05, 0) is 26.3 Å². The highest BCUT2D eigenvalue weighted by atomic mass is 32.1. The highest BCUT2D eigenvalue weighted by Crippen LogP contribution is 2.32. The van der Waals surface area contributed by atoms with Gasteiger partial charge >= 0.3 is 0 Å². The highest BCUT2D eigenvalue weighted by molar-refractivity contribution is 7.09. The molecule has 0 amide bonds. The maximum atomic E-state index is 5.17. The van der Waals surface area contributed by atoms with Gasteiger partial charge in [0.25, 0.3) is 0 Å². The average Bonchev–Trinajstić information content (AvgIpc) is 2.99. The molecule has 17 heavy (non-hydrogen) atoms. The number of rotatable bonds is 3. The Morgan fingerprint density at radius 1 is 1.59 bits per heavy atom. The second-order valence-electron chi connectivity index (χ2n) is 4.42. The van der Waals surface area contributed by atoms with E-state index < -0.39 is 0 Å². The highest BCUT2D eigenvalue weighted by Gasteiger charge is 2.28. The zero-order valence-electron chi connectivity index (χ0n) is 9.80. The predicted molar refractivity (Wildman–Crippen MR) is 65.7 cm³/mol. The quantitative estimate of drug-likeness (QED) is 0.839. The summed E-state index contributed by atoms with van der Waals surface area (Å²) < 4.78 is 5.17. The summed E-state index contributed by atoms with van der Waals surface area (Å²) in [6.07, 6.45) is 4.25. The maximum Gasteiger partial charge on any atom is 0.133 e. The Bertz CT molecular complexity index is 480. The van der Waals surface area contributed by atoms with Crippen molar-refractivity contribution in [1.29, 1.82) is 0 Å². The topological polar surface area (TPSA) is 42.2 Å². The SMILES string of the molecule is Cc1cc(C2CCCN2Cc2nccs2)no1. The number of aryl methyl sites for hydroxylation is 1. The van der Waals surface area contributed by atoms with Gasteiger partial charge in [-0.15, -0.1) is 11.3 Å².